The van der Waals surface area contributed by atoms with Gasteiger partial charge in [-0.3, -0.25) is 0 Å². The molecule has 0 aliphatic carbocycles. The summed E-state index contributed by atoms with van der Waals surface area (Å²) in [6, 6.07) is 104. The zero-order valence-electron chi connectivity index (χ0n) is 66.4. The number of nitrogens with one attached hydrogen (secondary N) is 7. The Hall–Kier alpha value is -9.97. The Kier molecular flexibility index (Phi) is 38.2. The Labute approximate surface area is 776 Å². The van der Waals surface area contributed by atoms with Crippen LogP contribution in [-0.4, -0.2) is 4.98 Å². The van der Waals surface area contributed by atoms with Crippen molar-refractivity contribution in [2.45, 2.75) is 13.8 Å². The van der Waals surface area contributed by atoms with Crippen molar-refractivity contribution in [1.29, 1.82) is 0 Å². The molecule has 0 amide bonds. The Balaban J connectivity index is 0.000000211. The number of hydrogen-bond donors (Lipinski definition) is 0. The van der Waals surface area contributed by atoms with E-state index in [4.69, 9.17) is 0 Å². The van der Waals surface area contributed by atoms with Crippen molar-refractivity contribution >= 4 is 98.4 Å². The van der Waals surface area contributed by atoms with Crippen LogP contribution in [-0.2, 0) is 0 Å². The molecule has 15 nitrogen and oxygen atoms in total. The Morgan fingerprint density at radius 2 is 0.681 bits per heavy atom. The molecule has 0 bridgehead atoms. The summed E-state index contributed by atoms with van der Waals surface area (Å²) in [5.41, 5.74) is 13.9. The number of benzene rings is 11. The van der Waals surface area contributed by atoms with Crippen molar-refractivity contribution in [3.05, 3.63) is 387 Å². The van der Waals surface area contributed by atoms with E-state index in [1.165, 1.54) is 0 Å². The van der Waals surface area contributed by atoms with Gasteiger partial charge < -0.3 is 35.7 Å². The minimum atomic E-state index is -0.00648. The smallest absolute Gasteiger partial charge is 0.872 e. The van der Waals surface area contributed by atoms with Crippen LogP contribution < -0.4 is 224 Å². The molecule has 0 saturated heterocycles. The van der Waals surface area contributed by atoms with Crippen LogP contribution in [0.5, 0.6) is 34.5 Å². The number of aromatic amines is 7. The van der Waals surface area contributed by atoms with Crippen molar-refractivity contribution in [3.63, 3.8) is 0 Å². The molecule has 0 aliphatic rings. The van der Waals surface area contributed by atoms with Crippen molar-refractivity contribution in [2.75, 3.05) is 0 Å². The third-order valence-electron chi connectivity index (χ3n) is 17.9. The number of H-pyrrole nitrogens is 7. The summed E-state index contributed by atoms with van der Waals surface area (Å²) < 4.78 is 0. The molecule has 19 aromatic rings. The maximum atomic E-state index is 12.9. The molecule has 0 radical (unpaired) electrons. The summed E-state index contributed by atoms with van der Waals surface area (Å²) >= 11 is 0. The zero-order valence-corrected chi connectivity index (χ0v) is 70.4. The molecule has 116 heavy (non-hydrogen) atoms. The van der Waals surface area contributed by atoms with Gasteiger partial charge in [-0.1, -0.05) is 194 Å². The van der Waals surface area contributed by atoms with Crippen LogP contribution in [0.15, 0.2) is 358 Å². The van der Waals surface area contributed by atoms with Gasteiger partial charge in [0, 0.05) is 112 Å². The standard InChI is InChI=1S/C19H15NO.C18H12N2O.C15H11NO.C13H9NO.2C10H9NO.C9H7NO.5Li.2Na/c21-19(17-13-7-8-14-20-17)18(15-9-3-1-4-10-15)16-11-5-2-6-12-16;21-16-6-2-1-5-14(16)15-10-9-13-8-7-12-4-3-11-19-17(12)18(13)20-15;17-14-8-4-7-12-9-10-13(16-15(12)14)11-5-2-1-3-6-11;15-12-8-9-4-1-2-5-10(9)11-6-3-7-14-13(11)12;2*1-7-5-6-8-3-2-4-9(12)10(8)11-7;11-8-5-1-3-7-4-2-6-10-9(7)8;;;;;;;/h1-14,21H;1-11,21H;1-10,17H;1-8,15H;2*2-6,12H,1H3;1-6,11H;;;;;;;/q;;;;;;;7*+1. The number of nitrogens with zero attached hydrogens (tertiary/aromatic N) is 1. The van der Waals surface area contributed by atoms with E-state index < -0.39 is 0 Å². The van der Waals surface area contributed by atoms with Crippen molar-refractivity contribution in [1.82, 2.24) is 4.98 Å². The van der Waals surface area contributed by atoms with Crippen LogP contribution in [0.25, 0.3) is 121 Å². The first kappa shape index (κ1) is 94.9. The number of hydrogen-bond acceptors (Lipinski definition) is 8. The van der Waals surface area contributed by atoms with Gasteiger partial charge in [0.2, 0.25) is 44.5 Å². The molecule has 22 heteroatoms. The number of fused-ring (bicyclic) bond motifs is 10. The van der Waals surface area contributed by atoms with Gasteiger partial charge in [-0.25, -0.2) is 39.9 Å². The fraction of sp³-hybridized carbons (Fsp3) is 0.0213. The van der Waals surface area contributed by atoms with E-state index in [2.05, 4.69) is 52.0 Å². The Morgan fingerprint density at radius 1 is 0.284 bits per heavy atom. The molecule has 0 saturated carbocycles. The van der Waals surface area contributed by atoms with Crippen LogP contribution in [0.2, 0.25) is 0 Å². The van der Waals surface area contributed by atoms with Gasteiger partial charge >= 0.3 is 153 Å². The molecule has 530 valence electrons. The van der Waals surface area contributed by atoms with Crippen molar-refractivity contribution in [2.24, 2.45) is 0 Å². The van der Waals surface area contributed by atoms with Gasteiger partial charge in [0.05, 0.1) is 5.39 Å². The third-order valence-corrected chi connectivity index (χ3v) is 17.9. The maximum Gasteiger partial charge on any atom is 1.00 e. The minimum absolute atomic E-state index is 0. The van der Waals surface area contributed by atoms with Gasteiger partial charge in [-0.05, 0) is 159 Å². The largest absolute Gasteiger partial charge is 1.00 e. The molecule has 0 aliphatic heterocycles. The van der Waals surface area contributed by atoms with Crippen molar-refractivity contribution in [3.8, 4) is 57.0 Å². The van der Waals surface area contributed by atoms with E-state index in [-0.39, 0.29) is 194 Å². The second-order valence-corrected chi connectivity index (χ2v) is 25.3. The van der Waals surface area contributed by atoms with Crippen LogP contribution in [0.1, 0.15) is 28.2 Å². The molecule has 8 aromatic heterocycles. The molecule has 7 N–H and O–H groups in total. The number of para-hydroxylation sites is 5. The van der Waals surface area contributed by atoms with E-state index in [9.17, 15) is 35.7 Å². The first-order chi connectivity index (χ1) is 53.3. The van der Waals surface area contributed by atoms with Crippen LogP contribution in [0.4, 0.5) is 0 Å². The number of rotatable bonds is 5. The summed E-state index contributed by atoms with van der Waals surface area (Å²) in [7, 11) is 0. The number of aromatic nitrogens is 8. The molecule has 0 atom stereocenters. The average molecular weight is 1510 g/mol. The molecule has 11 aromatic carbocycles. The van der Waals surface area contributed by atoms with Crippen LogP contribution in [0.3, 0.4) is 0 Å². The van der Waals surface area contributed by atoms with Gasteiger partial charge in [-0.2, -0.15) is 0 Å². The maximum absolute atomic E-state index is 12.9. The molecular weight excluding hydrogens is 1430 g/mol. The molecule has 0 spiro atoms. The summed E-state index contributed by atoms with van der Waals surface area (Å²) in [5.74, 6) is 0.231. The second kappa shape index (κ2) is 46.7. The fourth-order valence-corrected chi connectivity index (χ4v) is 12.5. The fourth-order valence-electron chi connectivity index (χ4n) is 12.5. The second-order valence-electron chi connectivity index (χ2n) is 25.3. The quantitative estimate of drug-likeness (QED) is 0.0905. The summed E-state index contributed by atoms with van der Waals surface area (Å²) in [5, 5.41) is 91.2. The molecule has 0 fully saturated rings. The minimum Gasteiger partial charge on any atom is -0.872 e. The summed E-state index contributed by atoms with van der Waals surface area (Å²) in [4.78, 5) is 26.0. The van der Waals surface area contributed by atoms with E-state index in [1.54, 1.807) is 97.6 Å². The normalized spacial score (nSPS) is 9.91. The average Bonchev–Trinajstić information content (AvgIpc) is 0.785. The number of pyridine rings is 8. The van der Waals surface area contributed by atoms with Gasteiger partial charge in [0.15, 0.2) is 35.7 Å². The predicted molar refractivity (Wildman–Crippen MR) is 415 cm³/mol. The predicted octanol–water partition coefficient (Wildman–Crippen LogP) is -8.18. The van der Waals surface area contributed by atoms with E-state index >= 15 is 0 Å². The summed E-state index contributed by atoms with van der Waals surface area (Å²) in [6.07, 6.45) is 7.08. The molecular formula is C94H72Li5N8Na2O7+7. The van der Waals surface area contributed by atoms with Crippen molar-refractivity contribution < 1.29 is 224 Å². The SMILES string of the molecule is Cc1ccc2cccc([O-])c2[nH+]1.Cc1ccc2cccc([O-])c2[nH+]1.[Li+].[Li+].[Li+].[Li+].[Li+].[Na+].[Na+].[O-]C(=C(c1ccccc1)c1ccccc1)c1cccc[nH+]1.[O-]c1cc2ccccc2c2ccc[nH+]c12.[O-]c1cccc2ccc(-c3ccccc3)[nH+]c12.[O-]c1cccc2ccc[nH+]c12.[O-]c1ccccc1-c1ccc2ccc3cccnc3c2[nH+]1. The Morgan fingerprint density at radius 3 is 1.24 bits per heavy atom. The molecule has 19 rings (SSSR count). The van der Waals surface area contributed by atoms with Crippen LogP contribution >= 0.6 is 0 Å². The monoisotopic (exact) mass is 1510 g/mol. The first-order valence-electron chi connectivity index (χ1n) is 35.2. The topological polar surface area (TPSA) is 273 Å². The zero-order chi connectivity index (χ0) is 75.4. The molecule has 0 unspecified atom stereocenters. The van der Waals surface area contributed by atoms with Gasteiger partial charge in [0.1, 0.15) is 5.52 Å². The third kappa shape index (κ3) is 24.1. The van der Waals surface area contributed by atoms with Gasteiger partial charge in [0.25, 0.3) is 0 Å². The number of aryl methyl sites for hydroxylation is 2. The van der Waals surface area contributed by atoms with E-state index in [0.717, 1.165) is 99.0 Å². The first-order valence-corrected chi connectivity index (χ1v) is 35.2. The molecule has 8 heterocycles. The van der Waals surface area contributed by atoms with Gasteiger partial charge in [-0.15, -0.1) is 0 Å². The summed E-state index contributed by atoms with van der Waals surface area (Å²) in [6.45, 7) is 3.87. The Bertz CT molecular complexity index is 6290. The van der Waals surface area contributed by atoms with Crippen LogP contribution in [0, 0.1) is 13.8 Å². The van der Waals surface area contributed by atoms with E-state index in [1.807, 2.05) is 263 Å². The van der Waals surface area contributed by atoms with E-state index in [0.29, 0.717) is 44.4 Å².